The predicted molar refractivity (Wildman–Crippen MR) is 109 cm³/mol. The normalized spacial score (nSPS) is 11.4. The van der Waals surface area contributed by atoms with Crippen LogP contribution in [0.1, 0.15) is 5.56 Å². The van der Waals surface area contributed by atoms with Crippen LogP contribution in [0.4, 0.5) is 0 Å². The highest BCUT2D eigenvalue weighted by Gasteiger charge is 2.18. The number of benzene rings is 1. The van der Waals surface area contributed by atoms with Crippen molar-refractivity contribution in [3.63, 3.8) is 0 Å². The van der Waals surface area contributed by atoms with Crippen molar-refractivity contribution in [2.45, 2.75) is 6.54 Å². The molecule has 0 radical (unpaired) electrons. The van der Waals surface area contributed by atoms with E-state index in [4.69, 9.17) is 14.5 Å². The number of rotatable bonds is 4. The van der Waals surface area contributed by atoms with Crippen molar-refractivity contribution >= 4 is 27.6 Å². The van der Waals surface area contributed by atoms with E-state index in [2.05, 4.69) is 9.97 Å². The lowest BCUT2D eigenvalue weighted by Gasteiger charge is -2.14. The second-order valence-corrected chi connectivity index (χ2v) is 6.58. The van der Waals surface area contributed by atoms with Crippen LogP contribution in [0.5, 0.6) is 11.5 Å². The maximum Gasteiger partial charge on any atom is 0.262 e. The fourth-order valence-corrected chi connectivity index (χ4v) is 3.64. The Morgan fingerprint density at radius 1 is 1.00 bits per heavy atom. The average molecular weight is 387 g/mol. The first kappa shape index (κ1) is 17.2. The van der Waals surface area contributed by atoms with Gasteiger partial charge in [-0.1, -0.05) is 0 Å². The largest absolute Gasteiger partial charge is 0.497 e. The number of aromatic nitrogens is 5. The fourth-order valence-electron chi connectivity index (χ4n) is 3.64. The van der Waals surface area contributed by atoms with Crippen molar-refractivity contribution in [3.8, 4) is 11.5 Å². The number of ether oxygens (including phenoxy) is 2. The number of nitrogens with zero attached hydrogens (tertiary/aromatic N) is 5. The van der Waals surface area contributed by atoms with Gasteiger partial charge in [-0.3, -0.25) is 23.7 Å². The topological polar surface area (TPSA) is 83.5 Å². The first-order valence-electron chi connectivity index (χ1n) is 9.00. The Kier molecular flexibility index (Phi) is 3.90. The number of hydrogen-bond donors (Lipinski definition) is 0. The predicted octanol–water partition coefficient (Wildman–Crippen LogP) is 2.66. The lowest BCUT2D eigenvalue weighted by atomic mass is 10.1. The van der Waals surface area contributed by atoms with E-state index in [1.54, 1.807) is 55.8 Å². The smallest absolute Gasteiger partial charge is 0.262 e. The minimum atomic E-state index is -0.142. The number of methoxy groups -OCH3 is 2. The van der Waals surface area contributed by atoms with E-state index in [-0.39, 0.29) is 5.56 Å². The van der Waals surface area contributed by atoms with Gasteiger partial charge in [0.15, 0.2) is 5.65 Å². The van der Waals surface area contributed by atoms with Gasteiger partial charge in [-0.25, -0.2) is 4.98 Å². The van der Waals surface area contributed by atoms with Gasteiger partial charge < -0.3 is 9.47 Å². The van der Waals surface area contributed by atoms with Crippen LogP contribution in [-0.2, 0) is 6.54 Å². The summed E-state index contributed by atoms with van der Waals surface area (Å²) < 4.78 is 14.4. The number of pyridine rings is 2. The lowest BCUT2D eigenvalue weighted by Crippen LogP contribution is -2.22. The van der Waals surface area contributed by atoms with Crippen molar-refractivity contribution in [1.29, 1.82) is 0 Å². The van der Waals surface area contributed by atoms with Crippen LogP contribution in [0.2, 0.25) is 0 Å². The third-order valence-corrected chi connectivity index (χ3v) is 5.04. The molecule has 0 aliphatic carbocycles. The molecule has 8 nitrogen and oxygen atoms in total. The third kappa shape index (κ3) is 2.60. The second-order valence-electron chi connectivity index (χ2n) is 6.58. The molecular formula is C21H17N5O3. The minimum absolute atomic E-state index is 0.142. The zero-order valence-electron chi connectivity index (χ0n) is 15.9. The van der Waals surface area contributed by atoms with Crippen molar-refractivity contribution in [1.82, 2.24) is 23.9 Å². The van der Waals surface area contributed by atoms with Gasteiger partial charge in [-0.15, -0.1) is 0 Å². The van der Waals surface area contributed by atoms with E-state index in [1.165, 1.54) is 0 Å². The molecule has 0 aliphatic heterocycles. The van der Waals surface area contributed by atoms with Gasteiger partial charge in [-0.2, -0.15) is 0 Å². The molecule has 8 heteroatoms. The van der Waals surface area contributed by atoms with Crippen molar-refractivity contribution in [3.05, 3.63) is 71.2 Å². The molecule has 0 saturated heterocycles. The summed E-state index contributed by atoms with van der Waals surface area (Å²) in [6, 6.07) is 7.37. The molecule has 144 valence electrons. The highest BCUT2D eigenvalue weighted by molar-refractivity contribution is 6.03. The van der Waals surface area contributed by atoms with Crippen LogP contribution < -0.4 is 15.0 Å². The molecule has 0 N–H and O–H groups in total. The number of fused-ring (bicyclic) bond motifs is 5. The van der Waals surface area contributed by atoms with Crippen LogP contribution in [0.25, 0.3) is 27.6 Å². The summed E-state index contributed by atoms with van der Waals surface area (Å²) in [7, 11) is 3.20. The monoisotopic (exact) mass is 387 g/mol. The Bertz CT molecular complexity index is 1440. The zero-order chi connectivity index (χ0) is 20.0. The molecule has 5 rings (SSSR count). The van der Waals surface area contributed by atoms with Gasteiger partial charge in [0, 0.05) is 41.8 Å². The molecule has 0 saturated carbocycles. The molecule has 5 aromatic rings. The molecule has 0 bridgehead atoms. The fraction of sp³-hybridized carbons (Fsp3) is 0.143. The highest BCUT2D eigenvalue weighted by Crippen LogP contribution is 2.28. The third-order valence-electron chi connectivity index (χ3n) is 5.04. The van der Waals surface area contributed by atoms with Gasteiger partial charge >= 0.3 is 0 Å². The van der Waals surface area contributed by atoms with Gasteiger partial charge in [0.05, 0.1) is 32.3 Å². The van der Waals surface area contributed by atoms with Crippen molar-refractivity contribution in [2.24, 2.45) is 0 Å². The molecule has 0 spiro atoms. The maximum atomic E-state index is 13.4. The highest BCUT2D eigenvalue weighted by atomic mass is 16.5. The first-order chi connectivity index (χ1) is 14.2. The van der Waals surface area contributed by atoms with Crippen LogP contribution >= 0.6 is 0 Å². The average Bonchev–Trinajstić information content (AvgIpc) is 3.16. The van der Waals surface area contributed by atoms with E-state index in [0.29, 0.717) is 34.7 Å². The molecule has 4 aromatic heterocycles. The summed E-state index contributed by atoms with van der Waals surface area (Å²) in [5.41, 5.74) is 2.80. The standard InChI is InChI=1S/C21H17N5O3/c1-28-14-4-3-13(17(9-14)29-2)12-26-20-19(24-18-11-23-7-8-25(18)20)15-5-6-22-10-16(15)21(26)27/h3-11H,12H2,1-2H3. The Labute approximate surface area is 165 Å². The Hall–Kier alpha value is -3.94. The molecule has 1 aromatic carbocycles. The van der Waals surface area contributed by atoms with Gasteiger partial charge in [0.25, 0.3) is 5.56 Å². The van der Waals surface area contributed by atoms with Gasteiger partial charge in [0.1, 0.15) is 22.7 Å². The van der Waals surface area contributed by atoms with Crippen molar-refractivity contribution in [2.75, 3.05) is 14.2 Å². The van der Waals surface area contributed by atoms with E-state index in [9.17, 15) is 4.79 Å². The maximum absolute atomic E-state index is 13.4. The van der Waals surface area contributed by atoms with Crippen LogP contribution in [-0.4, -0.2) is 38.1 Å². The summed E-state index contributed by atoms with van der Waals surface area (Å²) in [5.74, 6) is 1.33. The Morgan fingerprint density at radius 2 is 1.86 bits per heavy atom. The SMILES string of the molecule is COc1ccc(Cn2c(=O)c3cnccc3c3nc4cnccn4c32)c(OC)c1. The van der Waals surface area contributed by atoms with E-state index >= 15 is 0 Å². The van der Waals surface area contributed by atoms with Crippen LogP contribution in [0.3, 0.4) is 0 Å². The van der Waals surface area contributed by atoms with Crippen molar-refractivity contribution < 1.29 is 9.47 Å². The molecule has 0 unspecified atom stereocenters. The number of hydrogen-bond acceptors (Lipinski definition) is 6. The summed E-state index contributed by atoms with van der Waals surface area (Å²) in [5, 5.41) is 1.28. The van der Waals surface area contributed by atoms with Gasteiger partial charge in [-0.05, 0) is 18.2 Å². The Balaban J connectivity index is 1.85. The summed E-state index contributed by atoms with van der Waals surface area (Å²) >= 11 is 0. The van der Waals surface area contributed by atoms with E-state index in [1.807, 2.05) is 22.6 Å². The molecular weight excluding hydrogens is 370 g/mol. The van der Waals surface area contributed by atoms with Crippen LogP contribution in [0, 0.1) is 0 Å². The van der Waals surface area contributed by atoms with E-state index in [0.717, 1.165) is 16.5 Å². The second kappa shape index (κ2) is 6.59. The number of imidazole rings is 1. The molecule has 29 heavy (non-hydrogen) atoms. The summed E-state index contributed by atoms with van der Waals surface area (Å²) in [6.07, 6.45) is 8.41. The summed E-state index contributed by atoms with van der Waals surface area (Å²) in [6.45, 7) is 0.309. The van der Waals surface area contributed by atoms with Gasteiger partial charge in [0.2, 0.25) is 0 Å². The Morgan fingerprint density at radius 3 is 2.69 bits per heavy atom. The molecule has 0 atom stereocenters. The molecule has 0 aliphatic rings. The summed E-state index contributed by atoms with van der Waals surface area (Å²) in [4.78, 5) is 26.4. The zero-order valence-corrected chi connectivity index (χ0v) is 15.9. The van der Waals surface area contributed by atoms with Crippen LogP contribution in [0.15, 0.2) is 60.0 Å². The first-order valence-corrected chi connectivity index (χ1v) is 9.00. The molecule has 4 heterocycles. The quantitative estimate of drug-likeness (QED) is 0.471. The molecule has 0 amide bonds. The lowest BCUT2D eigenvalue weighted by molar-refractivity contribution is 0.390. The minimum Gasteiger partial charge on any atom is -0.497 e. The molecule has 0 fully saturated rings. The van der Waals surface area contributed by atoms with E-state index < -0.39 is 0 Å².